The first-order valence-corrected chi connectivity index (χ1v) is 9.84. The Balaban J connectivity index is 3.20. The average molecular weight is 424 g/mol. The molecule has 0 saturated heterocycles. The van der Waals surface area contributed by atoms with Crippen LogP contribution in [0.15, 0.2) is 49.9 Å². The predicted molar refractivity (Wildman–Crippen MR) is 115 cm³/mol. The summed E-state index contributed by atoms with van der Waals surface area (Å²) in [4.78, 5) is 38.3. The fraction of sp³-hybridized carbons (Fsp3) is 0.571. The van der Waals surface area contributed by atoms with E-state index in [0.29, 0.717) is 0 Å². The van der Waals surface area contributed by atoms with Gasteiger partial charge in [-0.05, 0) is 58.3 Å². The van der Waals surface area contributed by atoms with Crippen LogP contribution in [-0.4, -0.2) is 33.5 Å². The smallest absolute Gasteiger partial charge is 0.336 e. The van der Waals surface area contributed by atoms with E-state index in [4.69, 9.17) is 14.2 Å². The van der Waals surface area contributed by atoms with Gasteiger partial charge >= 0.3 is 17.1 Å². The zero-order valence-corrected chi connectivity index (χ0v) is 18.8. The summed E-state index contributed by atoms with van der Waals surface area (Å²) < 4.78 is 19.0. The molecule has 9 nitrogen and oxygen atoms in total. The van der Waals surface area contributed by atoms with E-state index in [1.807, 2.05) is 41.5 Å². The number of allylic oxidation sites excluding steroid dienone is 3. The maximum absolute atomic E-state index is 12.8. The molecule has 0 N–H and O–H groups in total. The standard InChI is InChI=1S/C21H33N3O6/c1-16(2)13-28-10-7-22-19(25)23(8-11-29-14-17(3)4)21(27)24(20(22)26)9-12-30-15-18(5)6/h13-15H,7-12H2,1-6H3. The number of rotatable bonds is 12. The average Bonchev–Trinajstić information content (AvgIpc) is 2.65. The van der Waals surface area contributed by atoms with Crippen LogP contribution in [0.5, 0.6) is 0 Å². The van der Waals surface area contributed by atoms with E-state index in [1.165, 1.54) is 0 Å². The van der Waals surface area contributed by atoms with Crippen molar-refractivity contribution in [3.8, 4) is 0 Å². The molecule has 0 unspecified atom stereocenters. The van der Waals surface area contributed by atoms with Crippen molar-refractivity contribution in [2.75, 3.05) is 19.8 Å². The number of aromatic nitrogens is 3. The van der Waals surface area contributed by atoms with Gasteiger partial charge in [-0.25, -0.2) is 28.1 Å². The second-order valence-electron chi connectivity index (χ2n) is 7.50. The van der Waals surface area contributed by atoms with Gasteiger partial charge in [-0.2, -0.15) is 0 Å². The molecule has 168 valence electrons. The minimum atomic E-state index is -0.687. The van der Waals surface area contributed by atoms with Crippen LogP contribution in [0.4, 0.5) is 0 Å². The third-order valence-corrected chi connectivity index (χ3v) is 3.64. The Bertz CT molecular complexity index is 796. The molecule has 0 saturated carbocycles. The molecular weight excluding hydrogens is 390 g/mol. The lowest BCUT2D eigenvalue weighted by molar-refractivity contribution is 0.205. The highest BCUT2D eigenvalue weighted by atomic mass is 16.5. The number of hydrogen-bond acceptors (Lipinski definition) is 6. The summed E-state index contributed by atoms with van der Waals surface area (Å²) in [7, 11) is 0. The highest BCUT2D eigenvalue weighted by Crippen LogP contribution is 1.92. The quantitative estimate of drug-likeness (QED) is 0.377. The third kappa shape index (κ3) is 8.18. The molecule has 0 aliphatic carbocycles. The lowest BCUT2D eigenvalue weighted by Crippen LogP contribution is -2.55. The van der Waals surface area contributed by atoms with Gasteiger partial charge in [-0.1, -0.05) is 0 Å². The molecule has 0 amide bonds. The lowest BCUT2D eigenvalue weighted by atomic mass is 10.4. The van der Waals surface area contributed by atoms with Gasteiger partial charge in [-0.15, -0.1) is 0 Å². The second kappa shape index (κ2) is 12.6. The minimum absolute atomic E-state index is 0.0192. The van der Waals surface area contributed by atoms with Crippen molar-refractivity contribution in [3.63, 3.8) is 0 Å². The number of nitrogens with zero attached hydrogens (tertiary/aromatic N) is 3. The molecule has 0 atom stereocenters. The molecule has 0 aromatic carbocycles. The summed E-state index contributed by atoms with van der Waals surface area (Å²) in [5.74, 6) is 0. The zero-order valence-electron chi connectivity index (χ0n) is 18.8. The van der Waals surface area contributed by atoms with Crippen molar-refractivity contribution < 1.29 is 14.2 Å². The summed E-state index contributed by atoms with van der Waals surface area (Å²) in [5.41, 5.74) is 0.807. The van der Waals surface area contributed by atoms with Gasteiger partial charge < -0.3 is 14.2 Å². The van der Waals surface area contributed by atoms with Crippen molar-refractivity contribution in [1.82, 2.24) is 13.7 Å². The SMILES string of the molecule is CC(C)=COCCn1c(=O)n(CCOC=C(C)C)c(=O)n(CCOC=C(C)C)c1=O. The molecule has 0 aliphatic rings. The topological polar surface area (TPSA) is 93.7 Å². The van der Waals surface area contributed by atoms with Crippen LogP contribution in [-0.2, 0) is 33.8 Å². The van der Waals surface area contributed by atoms with Gasteiger partial charge in [0.2, 0.25) is 0 Å². The van der Waals surface area contributed by atoms with Crippen LogP contribution in [0.25, 0.3) is 0 Å². The van der Waals surface area contributed by atoms with Crippen LogP contribution < -0.4 is 17.1 Å². The van der Waals surface area contributed by atoms with Crippen molar-refractivity contribution in [2.24, 2.45) is 0 Å². The minimum Gasteiger partial charge on any atom is -0.499 e. The Labute approximate surface area is 176 Å². The third-order valence-electron chi connectivity index (χ3n) is 3.64. The van der Waals surface area contributed by atoms with Crippen molar-refractivity contribution >= 4 is 0 Å². The Morgan fingerprint density at radius 2 is 0.800 bits per heavy atom. The first-order chi connectivity index (χ1) is 14.1. The van der Waals surface area contributed by atoms with Crippen LogP contribution >= 0.6 is 0 Å². The van der Waals surface area contributed by atoms with Gasteiger partial charge in [0.05, 0.1) is 38.4 Å². The van der Waals surface area contributed by atoms with Crippen LogP contribution in [0, 0.1) is 0 Å². The molecule has 30 heavy (non-hydrogen) atoms. The van der Waals surface area contributed by atoms with E-state index in [2.05, 4.69) is 0 Å². The monoisotopic (exact) mass is 423 g/mol. The van der Waals surface area contributed by atoms with Gasteiger partial charge in [-0.3, -0.25) is 0 Å². The molecule has 1 heterocycles. The molecule has 0 spiro atoms. The maximum atomic E-state index is 12.8. The molecule has 0 aliphatic heterocycles. The van der Waals surface area contributed by atoms with Gasteiger partial charge in [0.25, 0.3) is 0 Å². The molecule has 9 heteroatoms. The number of hydrogen-bond donors (Lipinski definition) is 0. The van der Waals surface area contributed by atoms with E-state index in [0.717, 1.165) is 30.4 Å². The zero-order chi connectivity index (χ0) is 22.7. The fourth-order valence-corrected chi connectivity index (χ4v) is 2.37. The summed E-state index contributed by atoms with van der Waals surface area (Å²) >= 11 is 0. The Hall–Kier alpha value is -2.97. The van der Waals surface area contributed by atoms with Crippen LogP contribution in [0.1, 0.15) is 41.5 Å². The van der Waals surface area contributed by atoms with E-state index < -0.39 is 17.1 Å². The first kappa shape index (κ1) is 25.1. The van der Waals surface area contributed by atoms with Crippen LogP contribution in [0.2, 0.25) is 0 Å². The van der Waals surface area contributed by atoms with Gasteiger partial charge in [0.15, 0.2) is 0 Å². The molecule has 1 aromatic rings. The largest absolute Gasteiger partial charge is 0.499 e. The summed E-state index contributed by atoms with van der Waals surface area (Å²) in [5, 5.41) is 0. The summed E-state index contributed by atoms with van der Waals surface area (Å²) in [6.45, 7) is 11.7. The molecule has 0 fully saturated rings. The Morgan fingerprint density at radius 1 is 0.567 bits per heavy atom. The van der Waals surface area contributed by atoms with Gasteiger partial charge in [0.1, 0.15) is 19.8 Å². The normalized spacial score (nSPS) is 10.2. The highest BCUT2D eigenvalue weighted by molar-refractivity contribution is 4.88. The fourth-order valence-electron chi connectivity index (χ4n) is 2.37. The number of ether oxygens (including phenoxy) is 3. The summed E-state index contributed by atoms with van der Waals surface area (Å²) in [6, 6.07) is 0. The summed E-state index contributed by atoms with van der Waals surface area (Å²) in [6.07, 6.45) is 4.67. The maximum Gasteiger partial charge on any atom is 0.336 e. The second-order valence-corrected chi connectivity index (χ2v) is 7.50. The van der Waals surface area contributed by atoms with Crippen LogP contribution in [0.3, 0.4) is 0 Å². The van der Waals surface area contributed by atoms with Crippen molar-refractivity contribution in [3.05, 3.63) is 67.0 Å². The van der Waals surface area contributed by atoms with Crippen molar-refractivity contribution in [1.29, 1.82) is 0 Å². The first-order valence-electron chi connectivity index (χ1n) is 9.84. The lowest BCUT2D eigenvalue weighted by Gasteiger charge is -2.14. The van der Waals surface area contributed by atoms with Gasteiger partial charge in [0, 0.05) is 0 Å². The van der Waals surface area contributed by atoms with E-state index in [9.17, 15) is 14.4 Å². The van der Waals surface area contributed by atoms with E-state index >= 15 is 0 Å². The molecular formula is C21H33N3O6. The highest BCUT2D eigenvalue weighted by Gasteiger charge is 2.15. The van der Waals surface area contributed by atoms with Crippen molar-refractivity contribution in [2.45, 2.75) is 61.2 Å². The molecule has 1 aromatic heterocycles. The molecule has 1 rings (SSSR count). The Kier molecular flexibility index (Phi) is 10.5. The Morgan fingerprint density at radius 3 is 1.00 bits per heavy atom. The van der Waals surface area contributed by atoms with E-state index in [1.54, 1.807) is 18.8 Å². The predicted octanol–water partition coefficient (Wildman–Crippen LogP) is 1.99. The molecule has 0 radical (unpaired) electrons. The van der Waals surface area contributed by atoms with E-state index in [-0.39, 0.29) is 39.5 Å². The molecule has 0 bridgehead atoms.